The Morgan fingerprint density at radius 2 is 0.420 bits per heavy atom. The molecule has 0 spiro atoms. The van der Waals surface area contributed by atoms with Crippen molar-refractivity contribution < 1.29 is 17.7 Å². The van der Waals surface area contributed by atoms with E-state index in [0.717, 1.165) is 110 Å². The number of fused-ring (bicyclic) bond motifs is 18. The molecule has 4 aromatic heterocycles. The van der Waals surface area contributed by atoms with E-state index < -0.39 is 0 Å². The highest BCUT2D eigenvalue weighted by Crippen LogP contribution is 2.53. The van der Waals surface area contributed by atoms with Crippen molar-refractivity contribution in [3.05, 3.63) is 388 Å². The first kappa shape index (κ1) is 63.3. The zero-order valence-corrected chi connectivity index (χ0v) is 60.6. The van der Waals surface area contributed by atoms with Crippen molar-refractivity contribution >= 4 is 152 Å². The summed E-state index contributed by atoms with van der Waals surface area (Å²) in [5.74, 6) is 0. The van der Waals surface area contributed by atoms with E-state index in [2.05, 4.69) is 352 Å². The van der Waals surface area contributed by atoms with Gasteiger partial charge in [0.05, 0.1) is 0 Å². The number of hydrogen-bond donors (Lipinski definition) is 0. The molecular weight excluding hydrogens is 1360 g/mol. The second kappa shape index (κ2) is 25.4. The topological polar surface area (TPSA) is 52.6 Å². The fourth-order valence-corrected chi connectivity index (χ4v) is 18.4. The molecule has 24 aromatic rings. The van der Waals surface area contributed by atoms with Gasteiger partial charge in [-0.15, -0.1) is 0 Å². The molecule has 4 heteroatoms. The molecule has 0 saturated carbocycles. The minimum absolute atomic E-state index is 0.890. The lowest BCUT2D eigenvalue weighted by atomic mass is 9.82. The van der Waals surface area contributed by atoms with Gasteiger partial charge in [-0.1, -0.05) is 315 Å². The number of furan rings is 4. The molecule has 0 saturated heterocycles. The molecule has 24 rings (SSSR count). The quantitative estimate of drug-likeness (QED) is 0.142. The van der Waals surface area contributed by atoms with Crippen LogP contribution in [0, 0.1) is 0 Å². The Hall–Kier alpha value is -14.8. The van der Waals surface area contributed by atoms with Gasteiger partial charge in [-0.3, -0.25) is 0 Å². The van der Waals surface area contributed by atoms with Crippen LogP contribution in [0.25, 0.3) is 241 Å². The molecule has 0 unspecified atom stereocenters. The molecular formula is C108H64O4. The van der Waals surface area contributed by atoms with E-state index in [4.69, 9.17) is 17.7 Å². The average Bonchev–Trinajstić information content (AvgIpc) is 0.852. The number of hydrogen-bond acceptors (Lipinski definition) is 4. The summed E-state index contributed by atoms with van der Waals surface area (Å²) in [5, 5.41) is 23.5. The Kier molecular flexibility index (Phi) is 14.3. The highest BCUT2D eigenvalue weighted by atomic mass is 16.3. The molecule has 0 N–H and O–H groups in total. The van der Waals surface area contributed by atoms with E-state index in [1.165, 1.54) is 131 Å². The van der Waals surface area contributed by atoms with Gasteiger partial charge in [0, 0.05) is 43.1 Å². The summed E-state index contributed by atoms with van der Waals surface area (Å²) < 4.78 is 25.4. The third kappa shape index (κ3) is 9.95. The third-order valence-electron chi connectivity index (χ3n) is 23.4. The molecule has 0 aliphatic rings. The van der Waals surface area contributed by atoms with Crippen LogP contribution in [-0.2, 0) is 0 Å². The molecule has 0 atom stereocenters. The second-order valence-corrected chi connectivity index (χ2v) is 29.4. The summed E-state index contributed by atoms with van der Waals surface area (Å²) in [6, 6.07) is 140. The third-order valence-corrected chi connectivity index (χ3v) is 23.4. The van der Waals surface area contributed by atoms with E-state index in [1.807, 2.05) is 36.4 Å². The van der Waals surface area contributed by atoms with Crippen LogP contribution in [-0.4, -0.2) is 0 Å². The molecule has 0 radical (unpaired) electrons. The first-order valence-electron chi connectivity index (χ1n) is 38.3. The van der Waals surface area contributed by atoms with Crippen LogP contribution in [0.15, 0.2) is 406 Å². The van der Waals surface area contributed by atoms with E-state index >= 15 is 0 Å². The maximum absolute atomic E-state index is 6.44. The molecule has 20 aromatic carbocycles. The zero-order valence-electron chi connectivity index (χ0n) is 60.6. The van der Waals surface area contributed by atoms with Crippen LogP contribution >= 0.6 is 0 Å². The van der Waals surface area contributed by atoms with E-state index in [1.54, 1.807) is 0 Å². The highest BCUT2D eigenvalue weighted by Gasteiger charge is 2.26. The molecule has 4 heterocycles. The normalized spacial score (nSPS) is 11.9. The standard InChI is InChI=1S/2C54H32O2/c1-2-14-33(15-3-1)36-31-30-34-16-4-5-17-35(34)53(36)54-41-22-10-20-37(39-24-12-28-49-51(39)43-18-6-8-26-47(43)55-49)45(41)32-46-38(21-11-23-42(46)54)40-25-13-29-50-52(40)44-19-7-9-27-48(44)56-50;1-2-12-33(13-3-1)40-27-24-34-14-4-5-15-39(34)53(40)54-43-20-10-18-37(35-25-28-51-47(30-35)41-16-6-8-22-49(41)55-51)45(43)32-46-38(19-11-21-44(46)54)36-26-29-52-48(31-36)42-17-7-9-23-50(42)56-52/h2*1-32H. The fraction of sp³-hybridized carbons (Fsp3) is 0. The molecule has 4 nitrogen and oxygen atoms in total. The van der Waals surface area contributed by atoms with Gasteiger partial charge in [0.1, 0.15) is 44.7 Å². The van der Waals surface area contributed by atoms with Crippen molar-refractivity contribution in [2.75, 3.05) is 0 Å². The first-order valence-corrected chi connectivity index (χ1v) is 38.3. The van der Waals surface area contributed by atoms with E-state index in [0.29, 0.717) is 0 Å². The molecule has 520 valence electrons. The fourth-order valence-electron chi connectivity index (χ4n) is 18.4. The Morgan fingerprint density at radius 1 is 0.125 bits per heavy atom. The maximum Gasteiger partial charge on any atom is 0.136 e. The van der Waals surface area contributed by atoms with Crippen molar-refractivity contribution in [2.24, 2.45) is 0 Å². The van der Waals surface area contributed by atoms with Crippen LogP contribution in [0.4, 0.5) is 0 Å². The van der Waals surface area contributed by atoms with Crippen molar-refractivity contribution in [2.45, 2.75) is 0 Å². The second-order valence-electron chi connectivity index (χ2n) is 29.4. The summed E-state index contributed by atoms with van der Waals surface area (Å²) in [6.45, 7) is 0. The number of rotatable bonds is 8. The number of benzene rings is 20. The van der Waals surface area contributed by atoms with Gasteiger partial charge < -0.3 is 17.7 Å². The lowest BCUT2D eigenvalue weighted by molar-refractivity contribution is 0.668. The highest BCUT2D eigenvalue weighted by molar-refractivity contribution is 6.28. The summed E-state index contributed by atoms with van der Waals surface area (Å²) in [4.78, 5) is 0. The van der Waals surface area contributed by atoms with Crippen LogP contribution in [0.3, 0.4) is 0 Å². The largest absolute Gasteiger partial charge is 0.456 e. The Labute approximate surface area is 643 Å². The molecule has 112 heavy (non-hydrogen) atoms. The van der Waals surface area contributed by atoms with E-state index in [-0.39, 0.29) is 0 Å². The predicted octanol–water partition coefficient (Wildman–Crippen LogP) is 31.2. The van der Waals surface area contributed by atoms with Crippen molar-refractivity contribution in [1.29, 1.82) is 0 Å². The van der Waals surface area contributed by atoms with Crippen molar-refractivity contribution in [3.8, 4) is 89.0 Å². The summed E-state index contributed by atoms with van der Waals surface area (Å²) >= 11 is 0. The van der Waals surface area contributed by atoms with Crippen LogP contribution in [0.5, 0.6) is 0 Å². The number of para-hydroxylation sites is 4. The van der Waals surface area contributed by atoms with Gasteiger partial charge in [-0.2, -0.15) is 0 Å². The Bertz CT molecular complexity index is 7660. The Balaban J connectivity index is 0.000000134. The van der Waals surface area contributed by atoms with Gasteiger partial charge in [0.2, 0.25) is 0 Å². The van der Waals surface area contributed by atoms with Crippen molar-refractivity contribution in [1.82, 2.24) is 0 Å². The molecule has 0 fully saturated rings. The summed E-state index contributed by atoms with van der Waals surface area (Å²) in [7, 11) is 0. The SMILES string of the molecule is c1ccc(-c2ccc3ccccc3c2-c2c3cccc(-c4ccc5oc6ccccc6c5c4)c3cc3c(-c4ccc5oc6ccccc6c5c4)cccc23)cc1.c1ccc(-c2ccc3ccccc3c2-c2c3cccc(-c4cccc5oc6ccccc6c45)c3cc3c(-c4cccc5oc6ccccc6c45)cccc23)cc1. The molecule has 0 bridgehead atoms. The average molecular weight is 1430 g/mol. The first-order chi connectivity index (χ1) is 55.6. The smallest absolute Gasteiger partial charge is 0.136 e. The minimum atomic E-state index is 0.890. The summed E-state index contributed by atoms with van der Waals surface area (Å²) in [5.41, 5.74) is 26.3. The van der Waals surface area contributed by atoms with Crippen LogP contribution in [0.2, 0.25) is 0 Å². The zero-order chi connectivity index (χ0) is 73.5. The maximum atomic E-state index is 6.44. The Morgan fingerprint density at radius 3 is 0.839 bits per heavy atom. The molecule has 0 aliphatic heterocycles. The predicted molar refractivity (Wildman–Crippen MR) is 471 cm³/mol. The van der Waals surface area contributed by atoms with Gasteiger partial charge in [0.25, 0.3) is 0 Å². The minimum Gasteiger partial charge on any atom is -0.456 e. The van der Waals surface area contributed by atoms with E-state index in [9.17, 15) is 0 Å². The van der Waals surface area contributed by atoms with Gasteiger partial charge in [-0.05, 0) is 226 Å². The lowest BCUT2D eigenvalue weighted by Gasteiger charge is -2.21. The van der Waals surface area contributed by atoms with Crippen LogP contribution in [0.1, 0.15) is 0 Å². The monoisotopic (exact) mass is 1420 g/mol. The summed E-state index contributed by atoms with van der Waals surface area (Å²) in [6.07, 6.45) is 0. The van der Waals surface area contributed by atoms with Gasteiger partial charge in [0.15, 0.2) is 0 Å². The van der Waals surface area contributed by atoms with Gasteiger partial charge in [-0.25, -0.2) is 0 Å². The van der Waals surface area contributed by atoms with Crippen molar-refractivity contribution in [3.63, 3.8) is 0 Å². The van der Waals surface area contributed by atoms with Crippen LogP contribution < -0.4 is 0 Å². The molecule has 0 aliphatic carbocycles. The van der Waals surface area contributed by atoms with Gasteiger partial charge >= 0.3 is 0 Å². The molecule has 0 amide bonds. The lowest BCUT2D eigenvalue weighted by Crippen LogP contribution is -1.94.